The molecule has 1 aliphatic rings. The highest BCUT2D eigenvalue weighted by Crippen LogP contribution is 2.38. The zero-order chi connectivity index (χ0) is 19.3. The Bertz CT molecular complexity index is 660. The van der Waals surface area contributed by atoms with Gasteiger partial charge in [-0.2, -0.15) is 0 Å². The van der Waals surface area contributed by atoms with Gasteiger partial charge < -0.3 is 19.5 Å². The molecule has 1 aromatic carbocycles. The van der Waals surface area contributed by atoms with Gasteiger partial charge in [-0.15, -0.1) is 0 Å². The maximum atomic E-state index is 13.0. The third kappa shape index (κ3) is 5.04. The molecule has 1 N–H and O–H groups in total. The van der Waals surface area contributed by atoms with Gasteiger partial charge in [-0.05, 0) is 38.3 Å². The summed E-state index contributed by atoms with van der Waals surface area (Å²) in [6.07, 6.45) is 2.61. The molecular formula is C19H26ClNO5. The number of benzene rings is 1. The molecule has 1 unspecified atom stereocenters. The minimum absolute atomic E-state index is 0.0923. The van der Waals surface area contributed by atoms with Crippen molar-refractivity contribution in [1.82, 2.24) is 4.90 Å². The first-order valence-electron chi connectivity index (χ1n) is 9.01. The summed E-state index contributed by atoms with van der Waals surface area (Å²) in [5, 5.41) is 9.48. The first-order chi connectivity index (χ1) is 12.4. The van der Waals surface area contributed by atoms with Gasteiger partial charge in [0.15, 0.2) is 11.5 Å². The number of hydrogen-bond donors (Lipinski definition) is 1. The first kappa shape index (κ1) is 20.4. The number of aliphatic carboxylic acids is 1. The van der Waals surface area contributed by atoms with Crippen LogP contribution >= 0.6 is 11.6 Å². The van der Waals surface area contributed by atoms with E-state index in [1.54, 1.807) is 24.0 Å². The monoisotopic (exact) mass is 383 g/mol. The van der Waals surface area contributed by atoms with Crippen LogP contribution in [0.1, 0.15) is 50.4 Å². The van der Waals surface area contributed by atoms with Crippen molar-refractivity contribution in [2.24, 2.45) is 5.92 Å². The molecule has 0 bridgehead atoms. The lowest BCUT2D eigenvalue weighted by Crippen LogP contribution is -2.38. The molecule has 7 heteroatoms. The van der Waals surface area contributed by atoms with Crippen molar-refractivity contribution in [1.29, 1.82) is 0 Å². The number of carboxylic acids is 1. The zero-order valence-corrected chi connectivity index (χ0v) is 16.2. The fourth-order valence-electron chi connectivity index (χ4n) is 2.62. The van der Waals surface area contributed by atoms with Crippen LogP contribution in [0.15, 0.2) is 12.1 Å². The summed E-state index contributed by atoms with van der Waals surface area (Å²) in [6, 6.07) is 3.29. The molecule has 144 valence electrons. The van der Waals surface area contributed by atoms with E-state index in [1.165, 1.54) is 0 Å². The van der Waals surface area contributed by atoms with Crippen LogP contribution < -0.4 is 9.47 Å². The number of carbonyl (C=O) groups is 2. The van der Waals surface area contributed by atoms with Crippen molar-refractivity contribution >= 4 is 23.5 Å². The number of carbonyl (C=O) groups excluding carboxylic acids is 1. The van der Waals surface area contributed by atoms with Crippen LogP contribution in [0.2, 0.25) is 5.02 Å². The van der Waals surface area contributed by atoms with Crippen LogP contribution in [0.5, 0.6) is 11.5 Å². The molecule has 0 heterocycles. The van der Waals surface area contributed by atoms with E-state index in [0.717, 1.165) is 19.3 Å². The highest BCUT2D eigenvalue weighted by atomic mass is 35.5. The molecule has 1 saturated carbocycles. The summed E-state index contributed by atoms with van der Waals surface area (Å²) in [5.41, 5.74) is 0.381. The Morgan fingerprint density at radius 1 is 1.31 bits per heavy atom. The average Bonchev–Trinajstić information content (AvgIpc) is 3.43. The Morgan fingerprint density at radius 3 is 2.54 bits per heavy atom. The van der Waals surface area contributed by atoms with Crippen LogP contribution in [-0.4, -0.2) is 47.7 Å². The molecule has 0 aliphatic heterocycles. The smallest absolute Gasteiger partial charge is 0.308 e. The quantitative estimate of drug-likeness (QED) is 0.664. The van der Waals surface area contributed by atoms with Gasteiger partial charge in [0.1, 0.15) is 0 Å². The maximum Gasteiger partial charge on any atom is 0.308 e. The van der Waals surface area contributed by atoms with Crippen molar-refractivity contribution in [3.8, 4) is 11.5 Å². The highest BCUT2D eigenvalue weighted by molar-refractivity contribution is 6.32. The maximum absolute atomic E-state index is 13.0. The molecule has 0 saturated heterocycles. The number of hydrogen-bond acceptors (Lipinski definition) is 4. The molecule has 1 amide bonds. The van der Waals surface area contributed by atoms with E-state index >= 15 is 0 Å². The molecule has 2 rings (SSSR count). The standard InChI is InChI=1S/C19H26ClNO5/c1-4-8-26-17-15(20)9-13(10-16(17)25-5-2)18(22)21(14-6-7-14)11-12(3)19(23)24/h9-10,12,14H,4-8,11H2,1-3H3,(H,23,24). The Morgan fingerprint density at radius 2 is 2.00 bits per heavy atom. The number of halogens is 1. The Kier molecular flexibility index (Phi) is 7.14. The third-order valence-electron chi connectivity index (χ3n) is 4.15. The fourth-order valence-corrected chi connectivity index (χ4v) is 2.89. The molecule has 1 atom stereocenters. The van der Waals surface area contributed by atoms with Crippen LogP contribution in [0, 0.1) is 5.92 Å². The summed E-state index contributed by atoms with van der Waals surface area (Å²) >= 11 is 6.34. The summed E-state index contributed by atoms with van der Waals surface area (Å²) in [4.78, 5) is 25.8. The number of carboxylic acid groups (broad SMARTS) is 1. The van der Waals surface area contributed by atoms with Crippen LogP contribution in [-0.2, 0) is 4.79 Å². The molecule has 0 radical (unpaired) electrons. The summed E-state index contributed by atoms with van der Waals surface area (Å²) in [7, 11) is 0. The predicted molar refractivity (Wildman–Crippen MR) is 99.3 cm³/mol. The van der Waals surface area contributed by atoms with Crippen molar-refractivity contribution in [2.75, 3.05) is 19.8 Å². The van der Waals surface area contributed by atoms with Crippen molar-refractivity contribution in [3.05, 3.63) is 22.7 Å². The van der Waals surface area contributed by atoms with Crippen LogP contribution in [0.25, 0.3) is 0 Å². The largest absolute Gasteiger partial charge is 0.490 e. The molecule has 1 aromatic rings. The molecule has 0 spiro atoms. The van der Waals surface area contributed by atoms with Crippen molar-refractivity contribution in [2.45, 2.75) is 46.1 Å². The average molecular weight is 384 g/mol. The van der Waals surface area contributed by atoms with Gasteiger partial charge in [0.05, 0.1) is 24.2 Å². The molecule has 1 aliphatic carbocycles. The van der Waals surface area contributed by atoms with E-state index in [0.29, 0.717) is 35.3 Å². The van der Waals surface area contributed by atoms with E-state index in [9.17, 15) is 9.59 Å². The summed E-state index contributed by atoms with van der Waals surface area (Å²) in [5.74, 6) is -0.915. The zero-order valence-electron chi connectivity index (χ0n) is 15.5. The van der Waals surface area contributed by atoms with E-state index in [-0.39, 0.29) is 18.5 Å². The lowest BCUT2D eigenvalue weighted by molar-refractivity contribution is -0.141. The molecule has 26 heavy (non-hydrogen) atoms. The Labute approximate surface area is 159 Å². The van der Waals surface area contributed by atoms with Crippen molar-refractivity contribution in [3.63, 3.8) is 0 Å². The second-order valence-electron chi connectivity index (χ2n) is 6.49. The van der Waals surface area contributed by atoms with E-state index < -0.39 is 11.9 Å². The number of rotatable bonds is 10. The van der Waals surface area contributed by atoms with Gasteiger partial charge >= 0.3 is 5.97 Å². The van der Waals surface area contributed by atoms with Crippen LogP contribution in [0.3, 0.4) is 0 Å². The fraction of sp³-hybridized carbons (Fsp3) is 0.579. The van der Waals surface area contributed by atoms with E-state index in [2.05, 4.69) is 0 Å². The second-order valence-corrected chi connectivity index (χ2v) is 6.90. The first-order valence-corrected chi connectivity index (χ1v) is 9.39. The van der Waals surface area contributed by atoms with E-state index in [1.807, 2.05) is 13.8 Å². The molecule has 6 nitrogen and oxygen atoms in total. The van der Waals surface area contributed by atoms with Crippen molar-refractivity contribution < 1.29 is 24.2 Å². The summed E-state index contributed by atoms with van der Waals surface area (Å²) in [6.45, 7) is 6.52. The SMILES string of the molecule is CCCOc1c(Cl)cc(C(=O)N(CC(C)C(=O)O)C2CC2)cc1OCC. The number of ether oxygens (including phenoxy) is 2. The van der Waals surface area contributed by atoms with Gasteiger partial charge in [0, 0.05) is 18.2 Å². The minimum atomic E-state index is -0.917. The predicted octanol–water partition coefficient (Wildman–Crippen LogP) is 3.85. The second kappa shape index (κ2) is 9.12. The van der Waals surface area contributed by atoms with E-state index in [4.69, 9.17) is 26.2 Å². The molecular weight excluding hydrogens is 358 g/mol. The minimum Gasteiger partial charge on any atom is -0.490 e. The lowest BCUT2D eigenvalue weighted by Gasteiger charge is -2.25. The lowest BCUT2D eigenvalue weighted by atomic mass is 10.1. The van der Waals surface area contributed by atoms with Gasteiger partial charge in [-0.1, -0.05) is 25.4 Å². The van der Waals surface area contributed by atoms with Crippen LogP contribution in [0.4, 0.5) is 0 Å². The summed E-state index contributed by atoms with van der Waals surface area (Å²) < 4.78 is 11.3. The van der Waals surface area contributed by atoms with Gasteiger partial charge in [-0.3, -0.25) is 9.59 Å². The van der Waals surface area contributed by atoms with Gasteiger partial charge in [-0.25, -0.2) is 0 Å². The van der Waals surface area contributed by atoms with Gasteiger partial charge in [0.2, 0.25) is 0 Å². The third-order valence-corrected chi connectivity index (χ3v) is 4.43. The van der Waals surface area contributed by atoms with Gasteiger partial charge in [0.25, 0.3) is 5.91 Å². The number of nitrogens with zero attached hydrogens (tertiary/aromatic N) is 1. The highest BCUT2D eigenvalue weighted by Gasteiger charge is 2.35. The Balaban J connectivity index is 2.29. The topological polar surface area (TPSA) is 76.1 Å². The molecule has 0 aromatic heterocycles. The normalized spacial score (nSPS) is 14.6. The number of amides is 1. The molecule has 1 fully saturated rings. The Hall–Kier alpha value is -1.95.